The molecule has 0 fully saturated rings. The highest BCUT2D eigenvalue weighted by Crippen LogP contribution is 2.22. The van der Waals surface area contributed by atoms with Gasteiger partial charge in [0.15, 0.2) is 5.82 Å². The average molecular weight is 301 g/mol. The van der Waals surface area contributed by atoms with Crippen molar-refractivity contribution in [3.63, 3.8) is 0 Å². The van der Waals surface area contributed by atoms with E-state index < -0.39 is 6.10 Å². The number of tetrazole rings is 1. The molecule has 0 radical (unpaired) electrons. The first-order chi connectivity index (χ1) is 8.06. The number of halogens is 2. The smallest absolute Gasteiger partial charge is 0.177 e. The lowest BCUT2D eigenvalue weighted by Gasteiger charge is -2.09. The van der Waals surface area contributed by atoms with Gasteiger partial charge in [0.2, 0.25) is 0 Å². The molecule has 1 unspecified atom stereocenters. The van der Waals surface area contributed by atoms with Gasteiger partial charge in [0, 0.05) is 6.42 Å². The molecule has 2 rings (SSSR count). The molecule has 0 aliphatic carbocycles. The van der Waals surface area contributed by atoms with Crippen molar-refractivity contribution in [3.05, 3.63) is 39.9 Å². The second-order valence-electron chi connectivity index (χ2n) is 3.59. The van der Waals surface area contributed by atoms with E-state index in [0.29, 0.717) is 15.9 Å². The average Bonchev–Trinajstić information content (AvgIpc) is 2.68. The molecule has 0 saturated carbocycles. The number of rotatable bonds is 3. The van der Waals surface area contributed by atoms with Crippen LogP contribution in [0.4, 0.5) is 4.39 Å². The fraction of sp³-hybridized carbons (Fsp3) is 0.300. The Bertz CT molecular complexity index is 531. The Morgan fingerprint density at radius 3 is 2.88 bits per heavy atom. The van der Waals surface area contributed by atoms with Crippen LogP contribution in [0.1, 0.15) is 17.5 Å². The van der Waals surface area contributed by atoms with Crippen LogP contribution in [0.5, 0.6) is 0 Å². The fourth-order valence-corrected chi connectivity index (χ4v) is 1.81. The third-order valence-electron chi connectivity index (χ3n) is 2.25. The van der Waals surface area contributed by atoms with Gasteiger partial charge >= 0.3 is 0 Å². The molecule has 7 heteroatoms. The quantitative estimate of drug-likeness (QED) is 0.930. The zero-order valence-electron chi connectivity index (χ0n) is 9.01. The van der Waals surface area contributed by atoms with Gasteiger partial charge in [-0.2, -0.15) is 4.80 Å². The first kappa shape index (κ1) is 12.1. The van der Waals surface area contributed by atoms with Gasteiger partial charge in [0.05, 0.1) is 17.6 Å². The predicted molar refractivity (Wildman–Crippen MR) is 61.6 cm³/mol. The highest BCUT2D eigenvalue weighted by Gasteiger charge is 2.13. The van der Waals surface area contributed by atoms with Crippen LogP contribution in [0.2, 0.25) is 0 Å². The normalized spacial score (nSPS) is 12.7. The molecule has 1 heterocycles. The van der Waals surface area contributed by atoms with Crippen LogP contribution in [0.3, 0.4) is 0 Å². The Balaban J connectivity index is 2.14. The maximum absolute atomic E-state index is 13.0. The SMILES string of the molecule is Cn1nnc(CC(O)c2ccc(F)c(Br)c2)n1. The molecular weight excluding hydrogens is 291 g/mol. The van der Waals surface area contributed by atoms with Crippen LogP contribution in [-0.2, 0) is 13.5 Å². The summed E-state index contributed by atoms with van der Waals surface area (Å²) in [7, 11) is 1.65. The maximum Gasteiger partial charge on any atom is 0.177 e. The Morgan fingerprint density at radius 2 is 2.29 bits per heavy atom. The van der Waals surface area contributed by atoms with E-state index in [-0.39, 0.29) is 12.2 Å². The number of hydrogen-bond acceptors (Lipinski definition) is 4. The summed E-state index contributed by atoms with van der Waals surface area (Å²) in [5.41, 5.74) is 0.603. The zero-order chi connectivity index (χ0) is 12.4. The van der Waals surface area contributed by atoms with Crippen LogP contribution in [-0.4, -0.2) is 25.3 Å². The number of aryl methyl sites for hydroxylation is 1. The van der Waals surface area contributed by atoms with E-state index in [9.17, 15) is 9.50 Å². The van der Waals surface area contributed by atoms with Crippen LogP contribution < -0.4 is 0 Å². The maximum atomic E-state index is 13.0. The summed E-state index contributed by atoms with van der Waals surface area (Å²) < 4.78 is 13.3. The minimum absolute atomic E-state index is 0.242. The number of aromatic nitrogens is 4. The first-order valence-electron chi connectivity index (χ1n) is 4.92. The van der Waals surface area contributed by atoms with Gasteiger partial charge in [-0.25, -0.2) is 4.39 Å². The number of aliphatic hydroxyl groups excluding tert-OH is 1. The summed E-state index contributed by atoms with van der Waals surface area (Å²) >= 11 is 3.07. The molecule has 0 aliphatic rings. The summed E-state index contributed by atoms with van der Waals surface area (Å²) in [6.07, 6.45) is -0.539. The van der Waals surface area contributed by atoms with Crippen molar-refractivity contribution >= 4 is 15.9 Å². The van der Waals surface area contributed by atoms with Crippen molar-refractivity contribution in [2.45, 2.75) is 12.5 Å². The second kappa shape index (κ2) is 4.89. The second-order valence-corrected chi connectivity index (χ2v) is 4.44. The van der Waals surface area contributed by atoms with E-state index in [4.69, 9.17) is 0 Å². The Kier molecular flexibility index (Phi) is 3.49. The molecule has 1 aromatic carbocycles. The van der Waals surface area contributed by atoms with Crippen molar-refractivity contribution in [2.75, 3.05) is 0 Å². The number of benzene rings is 1. The lowest BCUT2D eigenvalue weighted by molar-refractivity contribution is 0.175. The predicted octanol–water partition coefficient (Wildman–Crippen LogP) is 1.39. The van der Waals surface area contributed by atoms with E-state index in [0.717, 1.165) is 0 Å². The van der Waals surface area contributed by atoms with Crippen LogP contribution in [0.15, 0.2) is 22.7 Å². The first-order valence-corrected chi connectivity index (χ1v) is 5.71. The van der Waals surface area contributed by atoms with E-state index in [1.54, 1.807) is 7.05 Å². The van der Waals surface area contributed by atoms with Gasteiger partial charge in [-0.15, -0.1) is 10.2 Å². The monoisotopic (exact) mass is 300 g/mol. The summed E-state index contributed by atoms with van der Waals surface area (Å²) in [5, 5.41) is 21.4. The van der Waals surface area contributed by atoms with Crippen LogP contribution >= 0.6 is 15.9 Å². The third-order valence-corrected chi connectivity index (χ3v) is 2.86. The van der Waals surface area contributed by atoms with Crippen LogP contribution in [0.25, 0.3) is 0 Å². The molecule has 2 aromatic rings. The zero-order valence-corrected chi connectivity index (χ0v) is 10.6. The van der Waals surface area contributed by atoms with Crippen molar-refractivity contribution < 1.29 is 9.50 Å². The van der Waals surface area contributed by atoms with Gasteiger partial charge in [0.25, 0.3) is 0 Å². The van der Waals surface area contributed by atoms with Gasteiger partial charge in [-0.05, 0) is 38.8 Å². The molecule has 5 nitrogen and oxygen atoms in total. The summed E-state index contributed by atoms with van der Waals surface area (Å²) in [4.78, 5) is 1.32. The molecule has 0 amide bonds. The van der Waals surface area contributed by atoms with Gasteiger partial charge in [0.1, 0.15) is 5.82 Å². The summed E-state index contributed by atoms with van der Waals surface area (Å²) in [6.45, 7) is 0. The molecule has 0 spiro atoms. The minimum atomic E-state index is -0.781. The Hall–Kier alpha value is -1.34. The molecule has 0 bridgehead atoms. The molecule has 1 atom stereocenters. The molecule has 1 N–H and O–H groups in total. The van der Waals surface area contributed by atoms with E-state index in [1.165, 1.54) is 23.0 Å². The van der Waals surface area contributed by atoms with Crippen molar-refractivity contribution in [3.8, 4) is 0 Å². The Morgan fingerprint density at radius 1 is 1.53 bits per heavy atom. The van der Waals surface area contributed by atoms with E-state index >= 15 is 0 Å². The Labute approximate surface area is 105 Å². The molecular formula is C10H10BrFN4O. The molecule has 17 heavy (non-hydrogen) atoms. The molecule has 1 aromatic heterocycles. The van der Waals surface area contributed by atoms with Gasteiger partial charge < -0.3 is 5.11 Å². The standard InChI is InChI=1S/C10H10BrFN4O/c1-16-14-10(13-15-16)5-9(17)6-2-3-8(12)7(11)4-6/h2-4,9,17H,5H2,1H3. The van der Waals surface area contributed by atoms with Crippen molar-refractivity contribution in [2.24, 2.45) is 7.05 Å². The van der Waals surface area contributed by atoms with Crippen molar-refractivity contribution in [1.29, 1.82) is 0 Å². The third kappa shape index (κ3) is 2.86. The molecule has 0 aliphatic heterocycles. The van der Waals surface area contributed by atoms with Crippen LogP contribution in [0, 0.1) is 5.82 Å². The number of aliphatic hydroxyl groups is 1. The molecule has 90 valence electrons. The summed E-state index contributed by atoms with van der Waals surface area (Å²) in [6, 6.07) is 4.37. The van der Waals surface area contributed by atoms with E-state index in [2.05, 4.69) is 31.3 Å². The van der Waals surface area contributed by atoms with E-state index in [1.807, 2.05) is 0 Å². The highest BCUT2D eigenvalue weighted by atomic mass is 79.9. The van der Waals surface area contributed by atoms with Gasteiger partial charge in [-0.3, -0.25) is 0 Å². The van der Waals surface area contributed by atoms with Crippen molar-refractivity contribution in [1.82, 2.24) is 20.2 Å². The number of hydrogen-bond donors (Lipinski definition) is 1. The fourth-order valence-electron chi connectivity index (χ4n) is 1.42. The van der Waals surface area contributed by atoms with Gasteiger partial charge in [-0.1, -0.05) is 6.07 Å². The minimum Gasteiger partial charge on any atom is -0.388 e. The highest BCUT2D eigenvalue weighted by molar-refractivity contribution is 9.10. The topological polar surface area (TPSA) is 63.8 Å². The summed E-state index contributed by atoms with van der Waals surface area (Å²) in [5.74, 6) is 0.0824. The largest absolute Gasteiger partial charge is 0.388 e. The lowest BCUT2D eigenvalue weighted by Crippen LogP contribution is -2.04. The molecule has 0 saturated heterocycles. The number of nitrogens with zero attached hydrogens (tertiary/aromatic N) is 4. The lowest BCUT2D eigenvalue weighted by atomic mass is 10.1.